The SMILES string of the molecule is O=C(Oc1c(Cl)cccc1[N+](=O)[O-])N1C2CCCC1CC(CNc1ccccc1Br)C2. The molecule has 0 radical (unpaired) electrons. The molecule has 0 spiro atoms. The molecule has 9 heteroatoms. The molecule has 0 saturated carbocycles. The molecule has 2 fully saturated rings. The molecule has 31 heavy (non-hydrogen) atoms. The van der Waals surface area contributed by atoms with Crippen molar-refractivity contribution in [1.82, 2.24) is 4.90 Å². The van der Waals surface area contributed by atoms with Crippen LogP contribution in [0.2, 0.25) is 5.02 Å². The first-order valence-corrected chi connectivity index (χ1v) is 11.5. The van der Waals surface area contributed by atoms with Crippen molar-refractivity contribution < 1.29 is 14.5 Å². The number of fused-ring (bicyclic) bond motifs is 2. The number of hydrogen-bond donors (Lipinski definition) is 1. The number of nitro groups is 1. The number of rotatable bonds is 5. The van der Waals surface area contributed by atoms with Crippen molar-refractivity contribution in [3.63, 3.8) is 0 Å². The molecule has 2 bridgehead atoms. The molecule has 2 heterocycles. The lowest BCUT2D eigenvalue weighted by Gasteiger charge is -2.48. The summed E-state index contributed by atoms with van der Waals surface area (Å²) in [5, 5.41) is 14.9. The normalized spacial score (nSPS) is 22.6. The van der Waals surface area contributed by atoms with Crippen LogP contribution in [0.15, 0.2) is 46.9 Å². The number of ether oxygens (including phenoxy) is 1. The maximum Gasteiger partial charge on any atom is 0.416 e. The Kier molecular flexibility index (Phi) is 6.67. The van der Waals surface area contributed by atoms with E-state index in [1.165, 1.54) is 18.2 Å². The van der Waals surface area contributed by atoms with E-state index in [4.69, 9.17) is 16.3 Å². The third-order valence-electron chi connectivity index (χ3n) is 6.07. The Morgan fingerprint density at radius 1 is 1.19 bits per heavy atom. The van der Waals surface area contributed by atoms with Gasteiger partial charge in [0.15, 0.2) is 0 Å². The predicted molar refractivity (Wildman–Crippen MR) is 123 cm³/mol. The van der Waals surface area contributed by atoms with Crippen LogP contribution in [0.3, 0.4) is 0 Å². The lowest BCUT2D eigenvalue weighted by atomic mass is 9.78. The van der Waals surface area contributed by atoms with Gasteiger partial charge in [0.05, 0.1) is 9.95 Å². The lowest BCUT2D eigenvalue weighted by molar-refractivity contribution is -0.385. The molecule has 0 aliphatic carbocycles. The van der Waals surface area contributed by atoms with Gasteiger partial charge in [0.25, 0.3) is 0 Å². The number of carbonyl (C=O) groups is 1. The van der Waals surface area contributed by atoms with Crippen LogP contribution in [-0.2, 0) is 0 Å². The molecule has 1 amide bonds. The van der Waals surface area contributed by atoms with Crippen molar-refractivity contribution in [3.8, 4) is 5.75 Å². The summed E-state index contributed by atoms with van der Waals surface area (Å²) in [5.74, 6) is 0.246. The Morgan fingerprint density at radius 2 is 1.90 bits per heavy atom. The average molecular weight is 509 g/mol. The Morgan fingerprint density at radius 3 is 2.58 bits per heavy atom. The van der Waals surface area contributed by atoms with Crippen LogP contribution < -0.4 is 10.1 Å². The molecule has 2 saturated heterocycles. The summed E-state index contributed by atoms with van der Waals surface area (Å²) < 4.78 is 6.51. The fourth-order valence-corrected chi connectivity index (χ4v) is 5.33. The summed E-state index contributed by atoms with van der Waals surface area (Å²) in [7, 11) is 0. The molecule has 2 atom stereocenters. The second-order valence-corrected chi connectivity index (χ2v) is 9.32. The minimum atomic E-state index is -0.588. The molecule has 0 aromatic heterocycles. The molecular formula is C22H23BrClN3O4. The number of hydrogen-bond acceptors (Lipinski definition) is 5. The van der Waals surface area contributed by atoms with Crippen molar-refractivity contribution in [1.29, 1.82) is 0 Å². The van der Waals surface area contributed by atoms with Crippen LogP contribution in [0.25, 0.3) is 0 Å². The number of piperidine rings is 2. The molecule has 164 valence electrons. The second kappa shape index (κ2) is 9.44. The maximum atomic E-state index is 13.0. The van der Waals surface area contributed by atoms with Crippen molar-refractivity contribution in [2.75, 3.05) is 11.9 Å². The van der Waals surface area contributed by atoms with Gasteiger partial charge in [-0.15, -0.1) is 0 Å². The summed E-state index contributed by atoms with van der Waals surface area (Å²) in [6.45, 7) is 0.828. The topological polar surface area (TPSA) is 84.7 Å². The summed E-state index contributed by atoms with van der Waals surface area (Å²) in [6, 6.07) is 12.4. The number of nitro benzene ring substituents is 1. The highest BCUT2D eigenvalue weighted by Gasteiger charge is 2.42. The molecule has 2 aromatic rings. The second-order valence-electron chi connectivity index (χ2n) is 8.06. The van der Waals surface area contributed by atoms with E-state index in [-0.39, 0.29) is 28.5 Å². The molecular weight excluding hydrogens is 486 g/mol. The Hall–Kier alpha value is -2.32. The highest BCUT2D eigenvalue weighted by Crippen LogP contribution is 2.40. The highest BCUT2D eigenvalue weighted by molar-refractivity contribution is 9.10. The van der Waals surface area contributed by atoms with Crippen LogP contribution in [0.1, 0.15) is 32.1 Å². The van der Waals surface area contributed by atoms with E-state index in [0.29, 0.717) is 5.92 Å². The number of amides is 1. The molecule has 2 aliphatic heterocycles. The van der Waals surface area contributed by atoms with Gasteiger partial charge in [-0.3, -0.25) is 10.1 Å². The van der Waals surface area contributed by atoms with E-state index in [9.17, 15) is 14.9 Å². The van der Waals surface area contributed by atoms with Gasteiger partial charge in [-0.25, -0.2) is 4.79 Å². The zero-order chi connectivity index (χ0) is 22.0. The minimum absolute atomic E-state index is 0.0558. The van der Waals surface area contributed by atoms with Gasteiger partial charge in [-0.1, -0.05) is 29.8 Å². The number of carbonyl (C=O) groups excluding carboxylic acids is 1. The molecule has 7 nitrogen and oxygen atoms in total. The van der Waals surface area contributed by atoms with Crippen molar-refractivity contribution in [2.24, 2.45) is 5.92 Å². The van der Waals surface area contributed by atoms with Crippen LogP contribution in [0, 0.1) is 16.0 Å². The minimum Gasteiger partial charge on any atom is -0.401 e. The molecule has 2 aliphatic rings. The first kappa shape index (κ1) is 21.9. The van der Waals surface area contributed by atoms with Gasteiger partial charge in [-0.2, -0.15) is 0 Å². The van der Waals surface area contributed by atoms with E-state index in [0.717, 1.165) is 48.8 Å². The summed E-state index contributed by atoms with van der Waals surface area (Å²) in [6.07, 6.45) is 4.06. The smallest absolute Gasteiger partial charge is 0.401 e. The molecule has 4 rings (SSSR count). The summed E-state index contributed by atoms with van der Waals surface area (Å²) in [4.78, 5) is 25.5. The van der Waals surface area contributed by atoms with Gasteiger partial charge >= 0.3 is 11.8 Å². The van der Waals surface area contributed by atoms with Crippen LogP contribution in [0.5, 0.6) is 5.75 Å². The van der Waals surface area contributed by atoms with Crippen molar-refractivity contribution in [2.45, 2.75) is 44.2 Å². The Labute approximate surface area is 194 Å². The van der Waals surface area contributed by atoms with Crippen molar-refractivity contribution in [3.05, 3.63) is 62.1 Å². The molecule has 1 N–H and O–H groups in total. The highest BCUT2D eigenvalue weighted by atomic mass is 79.9. The fourth-order valence-electron chi connectivity index (χ4n) is 4.70. The standard InChI is InChI=1S/C22H23BrClN3O4/c23-17-7-1-2-9-19(17)25-13-14-11-15-5-3-6-16(12-14)26(15)22(28)31-21-18(24)8-4-10-20(21)27(29)30/h1-2,4,7-10,14-16,25H,3,5-6,11-13H2. The third-order valence-corrected chi connectivity index (χ3v) is 7.06. The number of para-hydroxylation sites is 2. The van der Waals surface area contributed by atoms with E-state index in [2.05, 4.69) is 21.2 Å². The lowest BCUT2D eigenvalue weighted by Crippen LogP contribution is -2.56. The number of halogens is 2. The summed E-state index contributed by atoms with van der Waals surface area (Å²) in [5.41, 5.74) is 0.749. The van der Waals surface area contributed by atoms with Gasteiger partial charge in [0.2, 0.25) is 5.75 Å². The van der Waals surface area contributed by atoms with Gasteiger partial charge < -0.3 is 15.0 Å². The Bertz CT molecular complexity index is 975. The number of benzene rings is 2. The number of nitrogens with one attached hydrogen (secondary N) is 1. The number of nitrogens with zero attached hydrogens (tertiary/aromatic N) is 2. The van der Waals surface area contributed by atoms with Gasteiger partial charge in [-0.05, 0) is 72.2 Å². The van der Waals surface area contributed by atoms with Crippen LogP contribution in [-0.4, -0.2) is 34.5 Å². The molecule has 2 unspecified atom stereocenters. The fraction of sp³-hybridized carbons (Fsp3) is 0.409. The predicted octanol–water partition coefficient (Wildman–Crippen LogP) is 6.25. The zero-order valence-corrected chi connectivity index (χ0v) is 19.1. The third kappa shape index (κ3) is 4.80. The summed E-state index contributed by atoms with van der Waals surface area (Å²) >= 11 is 9.66. The van der Waals surface area contributed by atoms with E-state index in [1.807, 2.05) is 24.3 Å². The van der Waals surface area contributed by atoms with E-state index in [1.54, 1.807) is 4.90 Å². The average Bonchev–Trinajstić information content (AvgIpc) is 2.73. The first-order chi connectivity index (χ1) is 14.9. The Balaban J connectivity index is 1.44. The van der Waals surface area contributed by atoms with Gasteiger partial charge in [0.1, 0.15) is 0 Å². The maximum absolute atomic E-state index is 13.0. The van der Waals surface area contributed by atoms with Crippen LogP contribution in [0.4, 0.5) is 16.2 Å². The monoisotopic (exact) mass is 507 g/mol. The van der Waals surface area contributed by atoms with Crippen LogP contribution >= 0.6 is 27.5 Å². The first-order valence-electron chi connectivity index (χ1n) is 10.4. The van der Waals surface area contributed by atoms with E-state index >= 15 is 0 Å². The number of anilines is 1. The van der Waals surface area contributed by atoms with Gasteiger partial charge in [0, 0.05) is 34.9 Å². The quantitative estimate of drug-likeness (QED) is 0.381. The molecule has 2 aromatic carbocycles. The zero-order valence-electron chi connectivity index (χ0n) is 16.8. The van der Waals surface area contributed by atoms with E-state index < -0.39 is 11.0 Å². The largest absolute Gasteiger partial charge is 0.416 e. The van der Waals surface area contributed by atoms with Crippen molar-refractivity contribution >= 4 is 45.0 Å².